The minimum atomic E-state index is -1.50. The van der Waals surface area contributed by atoms with Gasteiger partial charge in [0.15, 0.2) is 10.8 Å². The van der Waals surface area contributed by atoms with Crippen LogP contribution in [0, 0.1) is 0 Å². The molecule has 40 heavy (non-hydrogen) atoms. The molecule has 0 radical (unpaired) electrons. The monoisotopic (exact) mass is 642 g/mol. The second kappa shape index (κ2) is 13.1. The van der Waals surface area contributed by atoms with Crippen LogP contribution >= 0.6 is 58.2 Å². The Kier molecular flexibility index (Phi) is 9.83. The summed E-state index contributed by atoms with van der Waals surface area (Å²) in [6, 6.07) is 0.723. The molecule has 2 aliphatic heterocycles. The number of anilines is 1. The second-order valence-corrected chi connectivity index (χ2v) is 13.3. The normalized spacial score (nSPS) is 19.4. The number of carboxylic acid groups (broad SMARTS) is 1. The lowest BCUT2D eigenvalue weighted by Gasteiger charge is -2.50. The summed E-state index contributed by atoms with van der Waals surface area (Å²) in [6.07, 6.45) is 3.34. The zero-order valence-corrected chi connectivity index (χ0v) is 24.8. The molecule has 0 unspecified atom stereocenters. The number of oxime groups is 1. The number of carbonyl (C=O) groups excluding carboxylic acids is 3. The molecule has 0 saturated carbocycles. The quantitative estimate of drug-likeness (QED) is 0.0488. The van der Waals surface area contributed by atoms with Crippen LogP contribution in [0.2, 0.25) is 4.34 Å². The summed E-state index contributed by atoms with van der Waals surface area (Å²) in [7, 11) is 0. The second-order valence-electron chi connectivity index (χ2n) is 8.29. The van der Waals surface area contributed by atoms with E-state index in [1.165, 1.54) is 23.5 Å². The lowest BCUT2D eigenvalue weighted by molar-refractivity contribution is -0.452. The van der Waals surface area contributed by atoms with Crippen LogP contribution < -0.4 is 26.9 Å². The highest BCUT2D eigenvalue weighted by atomic mass is 35.5. The van der Waals surface area contributed by atoms with Crippen LogP contribution in [0.1, 0.15) is 18.2 Å². The van der Waals surface area contributed by atoms with Gasteiger partial charge in [0.2, 0.25) is 5.84 Å². The highest BCUT2D eigenvalue weighted by molar-refractivity contribution is 8.06. The minimum absolute atomic E-state index is 0.0348. The van der Waals surface area contributed by atoms with Gasteiger partial charge in [-0.15, -0.1) is 11.8 Å². The third kappa shape index (κ3) is 6.49. The molecule has 212 valence electrons. The Morgan fingerprint density at radius 2 is 2.23 bits per heavy atom. The number of carboxylic acids is 1. The highest BCUT2D eigenvalue weighted by Crippen LogP contribution is 2.45. The number of hydrogen-bond acceptors (Lipinski definition) is 13. The van der Waals surface area contributed by atoms with Crippen LogP contribution in [0.3, 0.4) is 0 Å². The molecule has 1 saturated heterocycles. The first-order valence-corrected chi connectivity index (χ1v) is 15.7. The molecular weight excluding hydrogens is 620 g/mol. The number of nitrogens with two attached hydrogens (primary N) is 2. The average molecular weight is 643 g/mol. The lowest BCUT2D eigenvalue weighted by Crippen LogP contribution is -2.75. The number of nitrogens with one attached hydrogen (secondary N) is 2. The van der Waals surface area contributed by atoms with Gasteiger partial charge in [-0.05, 0) is 11.6 Å². The number of hydrogen-bond donors (Lipinski definition) is 5. The first-order chi connectivity index (χ1) is 19.1. The number of pyridine rings is 1. The number of amides is 2. The Bertz CT molecular complexity index is 1430. The third-order valence-corrected chi connectivity index (χ3v) is 10.3. The highest BCUT2D eigenvalue weighted by Gasteiger charge is 2.53. The number of nitrogen functional groups attached to an aromatic ring is 1. The molecule has 2 atom stereocenters. The topological polar surface area (TPSA) is 214 Å². The number of amidine groups is 1. The number of thioether (sulfide) groups is 3. The number of fused-ring (bicyclic) bond motifs is 1. The van der Waals surface area contributed by atoms with Crippen molar-refractivity contribution >= 4 is 92.7 Å². The molecule has 1 fully saturated rings. The van der Waals surface area contributed by atoms with Gasteiger partial charge in [0.25, 0.3) is 11.8 Å². The number of nitrogens with zero attached hydrogens (tertiary/aromatic N) is 4. The van der Waals surface area contributed by atoms with E-state index in [4.69, 9.17) is 23.1 Å². The zero-order valence-electron chi connectivity index (χ0n) is 20.7. The van der Waals surface area contributed by atoms with Crippen molar-refractivity contribution in [3.8, 4) is 0 Å². The molecular formula is C22H23ClN8O5S4. The molecule has 0 aromatic carbocycles. The Labute approximate surface area is 249 Å². The molecule has 7 N–H and O–H groups in total. The molecule has 18 heteroatoms. The molecule has 2 aliphatic rings. The maximum Gasteiger partial charge on any atom is 0.276 e. The molecule has 2 amide bonds. The maximum atomic E-state index is 13.1. The minimum Gasteiger partial charge on any atom is -0.543 e. The van der Waals surface area contributed by atoms with Crippen LogP contribution in [0.25, 0.3) is 0 Å². The van der Waals surface area contributed by atoms with Crippen LogP contribution in [0.4, 0.5) is 5.13 Å². The SMILES string of the molecule is CC(N)=[NH+]CCSCc1cnccc1SC1=C(C(=O)[O-])N2C(=O)[C@@H](NC(=O)/C(=N\O)c3nc(N)sc3Cl)[C@H]2SC1. The fourth-order valence-corrected chi connectivity index (χ4v) is 8.21. The van der Waals surface area contributed by atoms with Crippen molar-refractivity contribution in [1.82, 2.24) is 20.2 Å². The van der Waals surface area contributed by atoms with E-state index >= 15 is 0 Å². The molecule has 4 heterocycles. The van der Waals surface area contributed by atoms with E-state index in [0.29, 0.717) is 23.0 Å². The number of halogens is 1. The van der Waals surface area contributed by atoms with Crippen LogP contribution in [0.5, 0.6) is 0 Å². The van der Waals surface area contributed by atoms with Crippen molar-refractivity contribution in [1.29, 1.82) is 0 Å². The van der Waals surface area contributed by atoms with Crippen molar-refractivity contribution in [3.05, 3.63) is 44.7 Å². The third-order valence-electron chi connectivity index (χ3n) is 5.55. The zero-order chi connectivity index (χ0) is 29.0. The maximum absolute atomic E-state index is 13.1. The molecule has 0 aliphatic carbocycles. The van der Waals surface area contributed by atoms with E-state index in [9.17, 15) is 24.7 Å². The van der Waals surface area contributed by atoms with Crippen molar-refractivity contribution in [3.63, 3.8) is 0 Å². The summed E-state index contributed by atoms with van der Waals surface area (Å²) < 4.78 is 0.0348. The fourth-order valence-electron chi connectivity index (χ4n) is 3.79. The molecule has 0 bridgehead atoms. The number of β-lactam (4-membered cyclic amide) rings is 1. The number of aromatic nitrogens is 2. The van der Waals surface area contributed by atoms with E-state index in [2.05, 4.69) is 25.4 Å². The van der Waals surface area contributed by atoms with Gasteiger partial charge in [0, 0.05) is 46.4 Å². The summed E-state index contributed by atoms with van der Waals surface area (Å²) >= 11 is 11.1. The molecule has 4 rings (SSSR count). The van der Waals surface area contributed by atoms with Crippen molar-refractivity contribution < 1.29 is 29.7 Å². The summed E-state index contributed by atoms with van der Waals surface area (Å²) in [6.45, 7) is 2.49. The number of carbonyl (C=O) groups is 3. The van der Waals surface area contributed by atoms with Gasteiger partial charge in [0.05, 0.1) is 18.2 Å². The summed E-state index contributed by atoms with van der Waals surface area (Å²) in [4.78, 5) is 51.5. The summed E-state index contributed by atoms with van der Waals surface area (Å²) in [5.41, 5.74) is 11.2. The summed E-state index contributed by atoms with van der Waals surface area (Å²) in [5, 5.41) is 26.4. The molecule has 2 aromatic rings. The fraction of sp³-hybridized carbons (Fsp3) is 0.318. The molecule has 2 aromatic heterocycles. The predicted octanol–water partition coefficient (Wildman–Crippen LogP) is -1.20. The predicted molar refractivity (Wildman–Crippen MR) is 154 cm³/mol. The van der Waals surface area contributed by atoms with Gasteiger partial charge in [-0.1, -0.05) is 39.9 Å². The van der Waals surface area contributed by atoms with Crippen molar-refractivity contribution in [2.24, 2.45) is 10.9 Å². The van der Waals surface area contributed by atoms with Gasteiger partial charge in [0.1, 0.15) is 21.4 Å². The van der Waals surface area contributed by atoms with Crippen LogP contribution in [-0.2, 0) is 20.1 Å². The molecule has 0 spiro atoms. The van der Waals surface area contributed by atoms with Crippen LogP contribution in [-0.4, -0.2) is 78.9 Å². The lowest BCUT2D eigenvalue weighted by atomic mass is 10.0. The van der Waals surface area contributed by atoms with Gasteiger partial charge in [-0.3, -0.25) is 30.2 Å². The smallest absolute Gasteiger partial charge is 0.276 e. The molecule has 13 nitrogen and oxygen atoms in total. The van der Waals surface area contributed by atoms with Gasteiger partial charge >= 0.3 is 0 Å². The van der Waals surface area contributed by atoms with Gasteiger partial charge in [-0.25, -0.2) is 4.98 Å². The average Bonchev–Trinajstić information content (AvgIpc) is 3.24. The van der Waals surface area contributed by atoms with E-state index in [0.717, 1.165) is 32.4 Å². The Balaban J connectivity index is 1.48. The first kappa shape index (κ1) is 30.0. The van der Waals surface area contributed by atoms with Crippen LogP contribution in [0.15, 0.2) is 39.1 Å². The first-order valence-electron chi connectivity index (χ1n) is 11.5. The standard InChI is InChI=1S/C22H23ClN8O5S4/c1-9(24)27-4-5-37-7-10-6-26-3-2-11(10)39-12-8-38-20-15(19(33)31(20)16(12)21(34)35)28-18(32)14(30-36)13-17(23)40-22(25)29-13/h2-3,6,15,20,36H,4-5,7-8H2,1H3,(H2,24,27)(H2,25,29)(H,28,32)(H,34,35)/b30-14-/t15-,20-/m1/s1. The van der Waals surface area contributed by atoms with E-state index < -0.39 is 34.9 Å². The van der Waals surface area contributed by atoms with Gasteiger partial charge < -0.3 is 26.2 Å². The Morgan fingerprint density at radius 1 is 1.45 bits per heavy atom. The number of thiazole rings is 1. The summed E-state index contributed by atoms with van der Waals surface area (Å²) in [5.74, 6) is -0.711. The van der Waals surface area contributed by atoms with Gasteiger partial charge in [-0.2, -0.15) is 11.8 Å². The van der Waals surface area contributed by atoms with E-state index in [1.54, 1.807) is 37.1 Å². The largest absolute Gasteiger partial charge is 0.543 e. The Morgan fingerprint density at radius 3 is 2.88 bits per heavy atom. The number of aliphatic carboxylic acids is 1. The van der Waals surface area contributed by atoms with Crippen molar-refractivity contribution in [2.75, 3.05) is 23.8 Å². The van der Waals surface area contributed by atoms with E-state index in [-0.39, 0.29) is 26.6 Å². The van der Waals surface area contributed by atoms with E-state index in [1.807, 2.05) is 0 Å². The Hall–Kier alpha value is -2.99. The van der Waals surface area contributed by atoms with Crippen molar-refractivity contribution in [2.45, 2.75) is 29.0 Å². The number of rotatable bonds is 11.